The molecule has 140 valence electrons. The van der Waals surface area contributed by atoms with Gasteiger partial charge in [-0.15, -0.1) is 0 Å². The van der Waals surface area contributed by atoms with Crippen molar-refractivity contribution >= 4 is 18.0 Å². The van der Waals surface area contributed by atoms with Crippen LogP contribution in [0.2, 0.25) is 0 Å². The van der Waals surface area contributed by atoms with Gasteiger partial charge >= 0.3 is 12.1 Å². The number of hydrogen-bond acceptors (Lipinski definition) is 5. The van der Waals surface area contributed by atoms with E-state index in [9.17, 15) is 14.4 Å². The Morgan fingerprint density at radius 1 is 1.00 bits per heavy atom. The molecule has 2 N–H and O–H groups in total. The van der Waals surface area contributed by atoms with Crippen LogP contribution >= 0.6 is 0 Å². The maximum absolute atomic E-state index is 12.5. The first-order chi connectivity index (χ1) is 10.9. The summed E-state index contributed by atoms with van der Waals surface area (Å²) < 4.78 is 9.92. The van der Waals surface area contributed by atoms with E-state index in [4.69, 9.17) is 9.47 Å². The van der Waals surface area contributed by atoms with Gasteiger partial charge < -0.3 is 20.1 Å². The fourth-order valence-corrected chi connectivity index (χ4v) is 2.03. The molecule has 0 aliphatic carbocycles. The van der Waals surface area contributed by atoms with E-state index in [1.165, 1.54) is 7.11 Å². The topological polar surface area (TPSA) is 93.7 Å². The SMILES string of the molecule is COC(=O)[C@H](NC(=O)[C@@H](CC(C)C)NC(=O)OC(C)(C)C)C(C)C. The van der Waals surface area contributed by atoms with Crippen LogP contribution in [-0.2, 0) is 19.1 Å². The van der Waals surface area contributed by atoms with E-state index in [0.717, 1.165) is 0 Å². The minimum absolute atomic E-state index is 0.136. The Bertz CT molecular complexity index is 441. The molecule has 7 heteroatoms. The highest BCUT2D eigenvalue weighted by Gasteiger charge is 2.30. The first kappa shape index (κ1) is 22.2. The van der Waals surface area contributed by atoms with Crippen molar-refractivity contribution in [1.82, 2.24) is 10.6 Å². The number of esters is 1. The van der Waals surface area contributed by atoms with Crippen molar-refractivity contribution in [1.29, 1.82) is 0 Å². The van der Waals surface area contributed by atoms with Gasteiger partial charge in [0.25, 0.3) is 0 Å². The van der Waals surface area contributed by atoms with Crippen molar-refractivity contribution in [2.24, 2.45) is 11.8 Å². The smallest absolute Gasteiger partial charge is 0.408 e. The fraction of sp³-hybridized carbons (Fsp3) is 0.824. The van der Waals surface area contributed by atoms with E-state index in [0.29, 0.717) is 6.42 Å². The monoisotopic (exact) mass is 344 g/mol. The van der Waals surface area contributed by atoms with Crippen LogP contribution < -0.4 is 10.6 Å². The molecule has 0 fully saturated rings. The van der Waals surface area contributed by atoms with E-state index < -0.39 is 35.7 Å². The summed E-state index contributed by atoms with van der Waals surface area (Å²) in [6.07, 6.45) is -0.237. The van der Waals surface area contributed by atoms with Crippen molar-refractivity contribution in [2.75, 3.05) is 7.11 Å². The van der Waals surface area contributed by atoms with Crippen molar-refractivity contribution < 1.29 is 23.9 Å². The molecular formula is C17H32N2O5. The Morgan fingerprint density at radius 3 is 1.92 bits per heavy atom. The van der Waals surface area contributed by atoms with E-state index in [1.54, 1.807) is 34.6 Å². The molecule has 0 rings (SSSR count). The number of hydrogen-bond donors (Lipinski definition) is 2. The van der Waals surface area contributed by atoms with Crippen LogP contribution in [-0.4, -0.2) is 42.8 Å². The third-order valence-electron chi connectivity index (χ3n) is 3.13. The number of ether oxygens (including phenoxy) is 2. The molecule has 0 aliphatic heterocycles. The Labute approximate surface area is 144 Å². The largest absolute Gasteiger partial charge is 0.467 e. The van der Waals surface area contributed by atoms with Crippen LogP contribution in [0.25, 0.3) is 0 Å². The third-order valence-corrected chi connectivity index (χ3v) is 3.13. The summed E-state index contributed by atoms with van der Waals surface area (Å²) in [6.45, 7) is 12.7. The van der Waals surface area contributed by atoms with Crippen LogP contribution in [0.15, 0.2) is 0 Å². The van der Waals surface area contributed by atoms with E-state index >= 15 is 0 Å². The van der Waals surface area contributed by atoms with Crippen LogP contribution in [0.4, 0.5) is 4.79 Å². The molecule has 0 saturated heterocycles. The lowest BCUT2D eigenvalue weighted by molar-refractivity contribution is -0.146. The fourth-order valence-electron chi connectivity index (χ4n) is 2.03. The number of carbonyl (C=O) groups is 3. The van der Waals surface area contributed by atoms with Gasteiger partial charge in [0, 0.05) is 0 Å². The summed E-state index contributed by atoms with van der Waals surface area (Å²) in [4.78, 5) is 36.3. The number of alkyl carbamates (subject to hydrolysis) is 1. The quantitative estimate of drug-likeness (QED) is 0.691. The molecule has 0 bridgehead atoms. The molecule has 24 heavy (non-hydrogen) atoms. The lowest BCUT2D eigenvalue weighted by Crippen LogP contribution is -2.54. The van der Waals surface area contributed by atoms with Gasteiger partial charge in [-0.1, -0.05) is 27.7 Å². The Kier molecular flexibility index (Phi) is 8.78. The normalized spacial score (nSPS) is 14.1. The second-order valence-corrected chi connectivity index (χ2v) is 7.58. The maximum Gasteiger partial charge on any atom is 0.408 e. The lowest BCUT2D eigenvalue weighted by Gasteiger charge is -2.26. The Morgan fingerprint density at radius 2 is 1.54 bits per heavy atom. The van der Waals surface area contributed by atoms with Gasteiger partial charge in [0.15, 0.2) is 0 Å². The summed E-state index contributed by atoms with van der Waals surface area (Å²) in [5.41, 5.74) is -0.657. The van der Waals surface area contributed by atoms with Gasteiger partial charge in [-0.05, 0) is 39.0 Å². The summed E-state index contributed by atoms with van der Waals surface area (Å²) in [5, 5.41) is 5.24. The zero-order valence-corrected chi connectivity index (χ0v) is 16.1. The second kappa shape index (κ2) is 9.49. The Balaban J connectivity index is 5.05. The van der Waals surface area contributed by atoms with Crippen molar-refractivity contribution in [3.05, 3.63) is 0 Å². The molecule has 7 nitrogen and oxygen atoms in total. The number of nitrogens with one attached hydrogen (secondary N) is 2. The zero-order chi connectivity index (χ0) is 19.1. The van der Waals surface area contributed by atoms with E-state index in [1.807, 2.05) is 13.8 Å². The second-order valence-electron chi connectivity index (χ2n) is 7.58. The number of amides is 2. The van der Waals surface area contributed by atoms with Gasteiger partial charge in [-0.2, -0.15) is 0 Å². The third kappa shape index (κ3) is 8.74. The van der Waals surface area contributed by atoms with Gasteiger partial charge in [0.1, 0.15) is 17.7 Å². The molecule has 0 aromatic carbocycles. The van der Waals surface area contributed by atoms with Crippen molar-refractivity contribution in [3.8, 4) is 0 Å². The van der Waals surface area contributed by atoms with Crippen molar-refractivity contribution in [3.63, 3.8) is 0 Å². The molecule has 0 heterocycles. The van der Waals surface area contributed by atoms with Gasteiger partial charge in [0.05, 0.1) is 7.11 Å². The maximum atomic E-state index is 12.5. The predicted molar refractivity (Wildman–Crippen MR) is 91.4 cm³/mol. The molecule has 0 radical (unpaired) electrons. The molecule has 2 atom stereocenters. The minimum atomic E-state index is -0.786. The lowest BCUT2D eigenvalue weighted by atomic mass is 10.0. The molecule has 0 aromatic heterocycles. The van der Waals surface area contributed by atoms with Crippen LogP contribution in [0, 0.1) is 11.8 Å². The minimum Gasteiger partial charge on any atom is -0.467 e. The molecular weight excluding hydrogens is 312 g/mol. The number of rotatable bonds is 7. The highest BCUT2D eigenvalue weighted by molar-refractivity contribution is 5.89. The molecule has 0 saturated carbocycles. The zero-order valence-electron chi connectivity index (χ0n) is 16.1. The Hall–Kier alpha value is -1.79. The van der Waals surface area contributed by atoms with Gasteiger partial charge in [-0.3, -0.25) is 4.79 Å². The highest BCUT2D eigenvalue weighted by Crippen LogP contribution is 2.11. The standard InChI is InChI=1S/C17H32N2O5/c1-10(2)9-12(18-16(22)24-17(5,6)7)14(20)19-13(11(3)4)15(21)23-8/h10-13H,9H2,1-8H3,(H,18,22)(H,19,20)/t12-,13-/m1/s1. The number of carbonyl (C=O) groups excluding carboxylic acids is 3. The average Bonchev–Trinajstić information content (AvgIpc) is 2.39. The number of methoxy groups -OCH3 is 1. The van der Waals surface area contributed by atoms with Crippen LogP contribution in [0.3, 0.4) is 0 Å². The molecule has 0 unspecified atom stereocenters. The highest BCUT2D eigenvalue weighted by atomic mass is 16.6. The molecule has 2 amide bonds. The summed E-state index contributed by atoms with van der Waals surface area (Å²) in [5.74, 6) is -0.911. The first-order valence-corrected chi connectivity index (χ1v) is 8.25. The van der Waals surface area contributed by atoms with Gasteiger partial charge in [-0.25, -0.2) is 9.59 Å². The van der Waals surface area contributed by atoms with E-state index in [2.05, 4.69) is 10.6 Å². The van der Waals surface area contributed by atoms with Crippen molar-refractivity contribution in [2.45, 2.75) is 72.6 Å². The molecule has 0 aliphatic rings. The van der Waals surface area contributed by atoms with Gasteiger partial charge in [0.2, 0.25) is 5.91 Å². The average molecular weight is 344 g/mol. The molecule has 0 spiro atoms. The summed E-state index contributed by atoms with van der Waals surface area (Å²) >= 11 is 0. The van der Waals surface area contributed by atoms with Crippen LogP contribution in [0.5, 0.6) is 0 Å². The molecule has 0 aromatic rings. The van der Waals surface area contributed by atoms with E-state index in [-0.39, 0.29) is 11.8 Å². The first-order valence-electron chi connectivity index (χ1n) is 8.25. The summed E-state index contributed by atoms with van der Waals surface area (Å²) in [6, 6.07) is -1.55. The van der Waals surface area contributed by atoms with Crippen LogP contribution in [0.1, 0.15) is 54.9 Å². The predicted octanol–water partition coefficient (Wildman–Crippen LogP) is 2.24. The summed E-state index contributed by atoms with van der Waals surface area (Å²) in [7, 11) is 1.27.